The first kappa shape index (κ1) is 17.8. The first-order chi connectivity index (χ1) is 9.73. The molecule has 0 unspecified atom stereocenters. The van der Waals surface area contributed by atoms with E-state index in [9.17, 15) is 9.59 Å². The second-order valence-electron chi connectivity index (χ2n) is 6.61. The van der Waals surface area contributed by atoms with Crippen molar-refractivity contribution in [1.82, 2.24) is 10.2 Å². The van der Waals surface area contributed by atoms with E-state index in [-0.39, 0.29) is 24.0 Å². The number of carbonyl (C=O) groups is 2. The summed E-state index contributed by atoms with van der Waals surface area (Å²) in [6, 6.07) is 0.00591. The highest BCUT2D eigenvalue weighted by Crippen LogP contribution is 2.20. The number of carbonyl (C=O) groups excluding carboxylic acids is 2. The van der Waals surface area contributed by atoms with E-state index in [1.807, 2.05) is 27.7 Å². The molecule has 1 rings (SSSR count). The fraction of sp³-hybridized carbons (Fsp3) is 0.867. The zero-order valence-corrected chi connectivity index (χ0v) is 13.8. The number of nitrogens with zero attached hydrogens (tertiary/aromatic N) is 1. The van der Waals surface area contributed by atoms with Crippen LogP contribution in [-0.4, -0.2) is 55.3 Å². The summed E-state index contributed by atoms with van der Waals surface area (Å²) in [5.41, 5.74) is -0.485. The van der Waals surface area contributed by atoms with Gasteiger partial charge in [0, 0.05) is 32.2 Å². The Morgan fingerprint density at radius 2 is 1.86 bits per heavy atom. The van der Waals surface area contributed by atoms with E-state index in [2.05, 4.69) is 5.32 Å². The number of hydrogen-bond donors (Lipinski definition) is 1. The fourth-order valence-electron chi connectivity index (χ4n) is 2.30. The van der Waals surface area contributed by atoms with Gasteiger partial charge in [0.25, 0.3) is 0 Å². The summed E-state index contributed by atoms with van der Waals surface area (Å²) in [5, 5.41) is 2.93. The van der Waals surface area contributed by atoms with Crippen molar-refractivity contribution in [2.24, 2.45) is 5.92 Å². The van der Waals surface area contributed by atoms with Gasteiger partial charge in [0.05, 0.1) is 6.61 Å². The summed E-state index contributed by atoms with van der Waals surface area (Å²) >= 11 is 0. The van der Waals surface area contributed by atoms with Crippen molar-refractivity contribution < 1.29 is 19.1 Å². The van der Waals surface area contributed by atoms with Gasteiger partial charge in [-0.3, -0.25) is 4.79 Å². The SMILES string of the molecule is COC[C@H](C)NC(=O)C1CCN(C(=O)OC(C)(C)C)CC1. The number of methoxy groups -OCH3 is 1. The van der Waals surface area contributed by atoms with Gasteiger partial charge in [-0.1, -0.05) is 0 Å². The van der Waals surface area contributed by atoms with Crippen molar-refractivity contribution in [3.63, 3.8) is 0 Å². The van der Waals surface area contributed by atoms with Gasteiger partial charge < -0.3 is 19.7 Å². The molecule has 0 radical (unpaired) electrons. The highest BCUT2D eigenvalue weighted by molar-refractivity contribution is 5.79. The average Bonchev–Trinajstić information content (AvgIpc) is 2.37. The Morgan fingerprint density at radius 1 is 1.29 bits per heavy atom. The second kappa shape index (κ2) is 7.64. The van der Waals surface area contributed by atoms with Crippen molar-refractivity contribution in [3.05, 3.63) is 0 Å². The lowest BCUT2D eigenvalue weighted by Gasteiger charge is -2.33. The van der Waals surface area contributed by atoms with Gasteiger partial charge in [-0.25, -0.2) is 4.79 Å². The Kier molecular flexibility index (Phi) is 6.45. The molecule has 1 N–H and O–H groups in total. The molecule has 0 aromatic heterocycles. The van der Waals surface area contributed by atoms with Crippen LogP contribution >= 0.6 is 0 Å². The van der Waals surface area contributed by atoms with Gasteiger partial charge in [0.2, 0.25) is 5.91 Å². The third-order valence-electron chi connectivity index (χ3n) is 3.32. The number of rotatable bonds is 4. The molecule has 0 bridgehead atoms. The molecule has 1 heterocycles. The van der Waals surface area contributed by atoms with Crippen LogP contribution in [0.4, 0.5) is 4.79 Å². The molecule has 0 aromatic carbocycles. The Bertz CT molecular complexity index is 357. The highest BCUT2D eigenvalue weighted by Gasteiger charge is 2.30. The van der Waals surface area contributed by atoms with Crippen LogP contribution in [0.15, 0.2) is 0 Å². The molecule has 0 saturated carbocycles. The van der Waals surface area contributed by atoms with Gasteiger partial charge in [0.15, 0.2) is 0 Å². The predicted molar refractivity (Wildman–Crippen MR) is 80.0 cm³/mol. The van der Waals surface area contributed by atoms with Crippen LogP contribution in [-0.2, 0) is 14.3 Å². The number of amides is 2. The summed E-state index contributed by atoms with van der Waals surface area (Å²) in [7, 11) is 1.61. The molecule has 6 nitrogen and oxygen atoms in total. The molecule has 0 aliphatic carbocycles. The maximum Gasteiger partial charge on any atom is 0.410 e. The van der Waals surface area contributed by atoms with Crippen LogP contribution in [0.25, 0.3) is 0 Å². The van der Waals surface area contributed by atoms with E-state index < -0.39 is 5.60 Å². The molecule has 1 saturated heterocycles. The van der Waals surface area contributed by atoms with Crippen LogP contribution in [0, 0.1) is 5.92 Å². The molecular formula is C15H28N2O4. The molecule has 0 aromatic rings. The Hall–Kier alpha value is -1.30. The van der Waals surface area contributed by atoms with Gasteiger partial charge in [0.1, 0.15) is 5.60 Å². The molecule has 1 aliphatic heterocycles. The van der Waals surface area contributed by atoms with Gasteiger partial charge in [-0.15, -0.1) is 0 Å². The minimum Gasteiger partial charge on any atom is -0.444 e. The van der Waals surface area contributed by atoms with Gasteiger partial charge >= 0.3 is 6.09 Å². The first-order valence-electron chi connectivity index (χ1n) is 7.50. The van der Waals surface area contributed by atoms with Crippen LogP contribution in [0.2, 0.25) is 0 Å². The lowest BCUT2D eigenvalue weighted by molar-refractivity contribution is -0.127. The van der Waals surface area contributed by atoms with Crippen LogP contribution in [0.3, 0.4) is 0 Å². The number of nitrogens with one attached hydrogen (secondary N) is 1. The molecular weight excluding hydrogens is 272 g/mol. The maximum absolute atomic E-state index is 12.1. The Labute approximate surface area is 127 Å². The molecule has 1 atom stereocenters. The van der Waals surface area contributed by atoms with E-state index in [1.165, 1.54) is 0 Å². The normalized spacial score (nSPS) is 18.2. The zero-order valence-electron chi connectivity index (χ0n) is 13.8. The smallest absolute Gasteiger partial charge is 0.410 e. The topological polar surface area (TPSA) is 67.9 Å². The van der Waals surface area contributed by atoms with Crippen LogP contribution in [0.5, 0.6) is 0 Å². The minimum absolute atomic E-state index is 0.00591. The number of ether oxygens (including phenoxy) is 2. The summed E-state index contributed by atoms with van der Waals surface area (Å²) in [5.74, 6) is 0.00591. The summed E-state index contributed by atoms with van der Waals surface area (Å²) in [6.07, 6.45) is 1.05. The second-order valence-corrected chi connectivity index (χ2v) is 6.61. The largest absolute Gasteiger partial charge is 0.444 e. The third-order valence-corrected chi connectivity index (χ3v) is 3.32. The quantitative estimate of drug-likeness (QED) is 0.859. The average molecular weight is 300 g/mol. The first-order valence-corrected chi connectivity index (χ1v) is 7.50. The minimum atomic E-state index is -0.485. The monoisotopic (exact) mass is 300 g/mol. The molecule has 0 spiro atoms. The van der Waals surface area contributed by atoms with Crippen molar-refractivity contribution in [2.45, 2.75) is 52.2 Å². The summed E-state index contributed by atoms with van der Waals surface area (Å²) in [6.45, 7) is 9.09. The predicted octanol–water partition coefficient (Wildman–Crippen LogP) is 1.78. The Balaban J connectivity index is 2.38. The van der Waals surface area contributed by atoms with Crippen molar-refractivity contribution in [2.75, 3.05) is 26.8 Å². The maximum atomic E-state index is 12.1. The lowest BCUT2D eigenvalue weighted by Crippen LogP contribution is -2.46. The van der Waals surface area contributed by atoms with Gasteiger partial charge in [-0.2, -0.15) is 0 Å². The molecule has 6 heteroatoms. The van der Waals surface area contributed by atoms with E-state index in [4.69, 9.17) is 9.47 Å². The lowest BCUT2D eigenvalue weighted by atomic mass is 9.96. The molecule has 21 heavy (non-hydrogen) atoms. The van der Waals surface area contributed by atoms with Gasteiger partial charge in [-0.05, 0) is 40.5 Å². The van der Waals surface area contributed by atoms with Crippen molar-refractivity contribution in [1.29, 1.82) is 0 Å². The standard InChI is InChI=1S/C15H28N2O4/c1-11(10-20-5)16-13(18)12-6-8-17(9-7-12)14(19)21-15(2,3)4/h11-12H,6-10H2,1-5H3,(H,16,18)/t11-/m0/s1. The number of piperidine rings is 1. The zero-order chi connectivity index (χ0) is 16.0. The van der Waals surface area contributed by atoms with E-state index in [1.54, 1.807) is 12.0 Å². The van der Waals surface area contributed by atoms with E-state index in [0.717, 1.165) is 0 Å². The number of hydrogen-bond acceptors (Lipinski definition) is 4. The number of likely N-dealkylation sites (tertiary alicyclic amines) is 1. The molecule has 122 valence electrons. The highest BCUT2D eigenvalue weighted by atomic mass is 16.6. The summed E-state index contributed by atoms with van der Waals surface area (Å²) in [4.78, 5) is 25.7. The molecule has 1 fully saturated rings. The summed E-state index contributed by atoms with van der Waals surface area (Å²) < 4.78 is 10.3. The molecule has 2 amide bonds. The Morgan fingerprint density at radius 3 is 2.33 bits per heavy atom. The van der Waals surface area contributed by atoms with Crippen molar-refractivity contribution >= 4 is 12.0 Å². The van der Waals surface area contributed by atoms with Crippen molar-refractivity contribution in [3.8, 4) is 0 Å². The molecule has 1 aliphatic rings. The fourth-order valence-corrected chi connectivity index (χ4v) is 2.30. The van der Waals surface area contributed by atoms with E-state index >= 15 is 0 Å². The van der Waals surface area contributed by atoms with Crippen LogP contribution in [0.1, 0.15) is 40.5 Å². The third kappa shape index (κ3) is 6.33. The van der Waals surface area contributed by atoms with Crippen LogP contribution < -0.4 is 5.32 Å². The van der Waals surface area contributed by atoms with E-state index in [0.29, 0.717) is 32.5 Å².